The fourth-order valence-electron chi connectivity index (χ4n) is 4.18. The second-order valence-electron chi connectivity index (χ2n) is 7.80. The number of rotatable bonds is 4. The second-order valence-corrected chi connectivity index (χ2v) is 8.21. The summed E-state index contributed by atoms with van der Waals surface area (Å²) >= 11 is 5.96. The van der Waals surface area contributed by atoms with Gasteiger partial charge in [0.05, 0.1) is 16.6 Å². The van der Waals surface area contributed by atoms with Crippen molar-refractivity contribution in [1.29, 1.82) is 0 Å². The first-order chi connectivity index (χ1) is 15.9. The number of carbonyl (C=O) groups is 1. The molecule has 0 radical (unpaired) electrons. The van der Waals surface area contributed by atoms with Gasteiger partial charge in [-0.3, -0.25) is 9.69 Å². The molecule has 1 aliphatic rings. The SMILES string of the molecule is C.O=C1C(Cc2cc(F)cc(F)c2)c2cc(-c3ccc(F)c(Cl)c3)ccc2N1c1ccccn1. The molecule has 4 aromatic rings. The number of aromatic nitrogens is 1. The first kappa shape index (κ1) is 23.5. The molecule has 7 heteroatoms. The molecule has 0 spiro atoms. The van der Waals surface area contributed by atoms with Crippen LogP contribution in [-0.4, -0.2) is 10.9 Å². The predicted molar refractivity (Wildman–Crippen MR) is 128 cm³/mol. The van der Waals surface area contributed by atoms with Crippen LogP contribution in [0.2, 0.25) is 5.02 Å². The van der Waals surface area contributed by atoms with Crippen LogP contribution >= 0.6 is 11.6 Å². The van der Waals surface area contributed by atoms with Crippen LogP contribution < -0.4 is 4.90 Å². The molecule has 1 aromatic heterocycles. The van der Waals surface area contributed by atoms with Gasteiger partial charge in [0.2, 0.25) is 5.91 Å². The number of fused-ring (bicyclic) bond motifs is 1. The van der Waals surface area contributed by atoms with Crippen molar-refractivity contribution in [2.75, 3.05) is 4.90 Å². The lowest BCUT2D eigenvalue weighted by atomic mass is 9.91. The lowest BCUT2D eigenvalue weighted by Crippen LogP contribution is -2.25. The molecular weight excluding hydrogens is 461 g/mol. The van der Waals surface area contributed by atoms with E-state index in [1.165, 1.54) is 29.2 Å². The highest BCUT2D eigenvalue weighted by Crippen LogP contribution is 2.44. The van der Waals surface area contributed by atoms with Crippen molar-refractivity contribution in [3.8, 4) is 11.1 Å². The lowest BCUT2D eigenvalue weighted by Gasteiger charge is -2.17. The minimum atomic E-state index is -0.702. The third-order valence-corrected chi connectivity index (χ3v) is 5.95. The van der Waals surface area contributed by atoms with E-state index in [9.17, 15) is 18.0 Å². The Hall–Kier alpha value is -3.64. The molecule has 0 bridgehead atoms. The number of pyridine rings is 1. The highest BCUT2D eigenvalue weighted by molar-refractivity contribution is 6.31. The molecule has 0 saturated carbocycles. The number of anilines is 2. The zero-order chi connectivity index (χ0) is 23.1. The zero-order valence-electron chi connectivity index (χ0n) is 17.1. The number of nitrogens with zero attached hydrogens (tertiary/aromatic N) is 2. The van der Waals surface area contributed by atoms with E-state index in [0.29, 0.717) is 28.2 Å². The van der Waals surface area contributed by atoms with Gasteiger partial charge in [-0.2, -0.15) is 0 Å². The molecule has 172 valence electrons. The van der Waals surface area contributed by atoms with Gasteiger partial charge in [-0.05, 0) is 77.2 Å². The van der Waals surface area contributed by atoms with Crippen molar-refractivity contribution in [1.82, 2.24) is 4.98 Å². The summed E-state index contributed by atoms with van der Waals surface area (Å²) in [5.41, 5.74) is 3.12. The van der Waals surface area contributed by atoms with Crippen molar-refractivity contribution < 1.29 is 18.0 Å². The van der Waals surface area contributed by atoms with E-state index in [1.54, 1.807) is 36.5 Å². The van der Waals surface area contributed by atoms with Crippen LogP contribution in [-0.2, 0) is 11.2 Å². The van der Waals surface area contributed by atoms with Crippen molar-refractivity contribution in [3.05, 3.63) is 113 Å². The molecule has 0 fully saturated rings. The van der Waals surface area contributed by atoms with E-state index < -0.39 is 23.4 Å². The van der Waals surface area contributed by atoms with E-state index in [2.05, 4.69) is 4.98 Å². The van der Waals surface area contributed by atoms with Crippen LogP contribution in [0, 0.1) is 17.5 Å². The molecular formula is C27H20ClF3N2O. The molecule has 5 rings (SSSR count). The summed E-state index contributed by atoms with van der Waals surface area (Å²) in [7, 11) is 0. The van der Waals surface area contributed by atoms with E-state index in [4.69, 9.17) is 11.6 Å². The number of hydrogen-bond donors (Lipinski definition) is 0. The lowest BCUT2D eigenvalue weighted by molar-refractivity contribution is -0.118. The molecule has 1 amide bonds. The Morgan fingerprint density at radius 2 is 1.59 bits per heavy atom. The van der Waals surface area contributed by atoms with Crippen molar-refractivity contribution >= 4 is 29.0 Å². The molecule has 0 saturated heterocycles. The smallest absolute Gasteiger partial charge is 0.240 e. The highest BCUT2D eigenvalue weighted by atomic mass is 35.5. The number of carbonyl (C=O) groups excluding carboxylic acids is 1. The van der Waals surface area contributed by atoms with Crippen LogP contribution in [0.4, 0.5) is 24.7 Å². The van der Waals surface area contributed by atoms with Gasteiger partial charge in [0.1, 0.15) is 23.3 Å². The fraction of sp³-hybridized carbons (Fsp3) is 0.111. The Kier molecular flexibility index (Phi) is 6.44. The van der Waals surface area contributed by atoms with Gasteiger partial charge in [-0.15, -0.1) is 0 Å². The average molecular weight is 481 g/mol. The summed E-state index contributed by atoms with van der Waals surface area (Å²) in [6.45, 7) is 0. The Morgan fingerprint density at radius 1 is 0.882 bits per heavy atom. The quantitative estimate of drug-likeness (QED) is 0.303. The first-order valence-electron chi connectivity index (χ1n) is 10.2. The predicted octanol–water partition coefficient (Wildman–Crippen LogP) is 7.46. The zero-order valence-corrected chi connectivity index (χ0v) is 17.9. The van der Waals surface area contributed by atoms with Crippen LogP contribution in [0.25, 0.3) is 11.1 Å². The second kappa shape index (κ2) is 9.31. The van der Waals surface area contributed by atoms with E-state index >= 15 is 0 Å². The summed E-state index contributed by atoms with van der Waals surface area (Å²) in [4.78, 5) is 19.3. The topological polar surface area (TPSA) is 33.2 Å². The van der Waals surface area contributed by atoms with Crippen LogP contribution in [0.5, 0.6) is 0 Å². The van der Waals surface area contributed by atoms with Crippen molar-refractivity contribution in [2.24, 2.45) is 0 Å². The summed E-state index contributed by atoms with van der Waals surface area (Å²) < 4.78 is 41.3. The summed E-state index contributed by atoms with van der Waals surface area (Å²) in [6.07, 6.45) is 1.70. The standard InChI is InChI=1S/C26H16ClF3N2O.CH4/c27-22-13-17(4-6-23(22)30)16-5-7-24-20(12-16)21(11-15-9-18(28)14-19(29)10-15)26(33)32(24)25-3-1-2-8-31-25;/h1-10,12-14,21H,11H2;1H4. The van der Waals surface area contributed by atoms with Gasteiger partial charge >= 0.3 is 0 Å². The highest BCUT2D eigenvalue weighted by Gasteiger charge is 2.39. The van der Waals surface area contributed by atoms with Crippen LogP contribution in [0.15, 0.2) is 79.0 Å². The third kappa shape index (κ3) is 4.29. The van der Waals surface area contributed by atoms with E-state index in [1.807, 2.05) is 12.1 Å². The van der Waals surface area contributed by atoms with Crippen molar-refractivity contribution in [2.45, 2.75) is 19.8 Å². The maximum absolute atomic E-state index is 13.8. The summed E-state index contributed by atoms with van der Waals surface area (Å²) in [5.74, 6) is -2.40. The van der Waals surface area contributed by atoms with Crippen LogP contribution in [0.3, 0.4) is 0 Å². The van der Waals surface area contributed by atoms with Gasteiger partial charge in [0.25, 0.3) is 0 Å². The first-order valence-corrected chi connectivity index (χ1v) is 10.6. The molecule has 0 N–H and O–H groups in total. The monoisotopic (exact) mass is 480 g/mol. The Labute approximate surface area is 200 Å². The third-order valence-electron chi connectivity index (χ3n) is 5.66. The number of benzene rings is 3. The Bertz CT molecular complexity index is 1360. The maximum atomic E-state index is 13.8. The number of hydrogen-bond acceptors (Lipinski definition) is 2. The fourth-order valence-corrected chi connectivity index (χ4v) is 4.36. The molecule has 1 atom stereocenters. The Morgan fingerprint density at radius 3 is 2.26 bits per heavy atom. The van der Waals surface area contributed by atoms with Gasteiger partial charge in [-0.25, -0.2) is 18.2 Å². The molecule has 2 heterocycles. The minimum Gasteiger partial charge on any atom is -0.273 e. The van der Waals surface area contributed by atoms with Gasteiger partial charge in [0, 0.05) is 12.3 Å². The van der Waals surface area contributed by atoms with Gasteiger partial charge in [0.15, 0.2) is 0 Å². The van der Waals surface area contributed by atoms with E-state index in [0.717, 1.165) is 11.6 Å². The van der Waals surface area contributed by atoms with Gasteiger partial charge < -0.3 is 0 Å². The normalized spacial score (nSPS) is 14.6. The molecule has 3 aromatic carbocycles. The molecule has 1 unspecified atom stereocenters. The van der Waals surface area contributed by atoms with E-state index in [-0.39, 0.29) is 24.8 Å². The van der Waals surface area contributed by atoms with Crippen LogP contribution in [0.1, 0.15) is 24.5 Å². The molecule has 1 aliphatic heterocycles. The molecule has 34 heavy (non-hydrogen) atoms. The molecule has 3 nitrogen and oxygen atoms in total. The Balaban J connectivity index is 0.00000274. The molecule has 0 aliphatic carbocycles. The van der Waals surface area contributed by atoms with Crippen molar-refractivity contribution in [3.63, 3.8) is 0 Å². The number of halogens is 4. The average Bonchev–Trinajstić information content (AvgIpc) is 3.06. The largest absolute Gasteiger partial charge is 0.273 e. The summed E-state index contributed by atoms with van der Waals surface area (Å²) in [5, 5.41) is -0.00836. The number of amides is 1. The summed E-state index contributed by atoms with van der Waals surface area (Å²) in [6, 6.07) is 18.3. The maximum Gasteiger partial charge on any atom is 0.240 e. The minimum absolute atomic E-state index is 0. The van der Waals surface area contributed by atoms with Gasteiger partial charge in [-0.1, -0.05) is 37.2 Å².